The first-order valence-electron chi connectivity index (χ1n) is 4.86. The van der Waals surface area contributed by atoms with E-state index in [0.29, 0.717) is 5.56 Å². The van der Waals surface area contributed by atoms with E-state index in [1.165, 1.54) is 18.2 Å². The minimum absolute atomic E-state index is 0.00619. The molecule has 0 aliphatic carbocycles. The maximum absolute atomic E-state index is 11.0. The number of nitrogens with two attached hydrogens (primary N) is 1. The second kappa shape index (κ2) is 5.56. The molecule has 0 bridgehead atoms. The topological polar surface area (TPSA) is 89.6 Å². The van der Waals surface area contributed by atoms with Gasteiger partial charge in [-0.25, -0.2) is 9.59 Å². The number of carboxylic acids is 1. The van der Waals surface area contributed by atoms with Gasteiger partial charge < -0.3 is 15.6 Å². The monoisotopic (exact) mass is 233 g/mol. The van der Waals surface area contributed by atoms with E-state index in [4.69, 9.17) is 10.8 Å². The van der Waals surface area contributed by atoms with E-state index in [9.17, 15) is 9.59 Å². The molecule has 1 aromatic carbocycles. The Labute approximate surface area is 98.2 Å². The number of carboxylic acid groups (broad SMARTS) is 1. The summed E-state index contributed by atoms with van der Waals surface area (Å²) in [5.74, 6) is 3.06. The largest absolute Gasteiger partial charge is 0.478 e. The summed E-state index contributed by atoms with van der Waals surface area (Å²) in [6.07, 6.45) is 0. The second-order valence-electron chi connectivity index (χ2n) is 3.08. The Kier molecular flexibility index (Phi) is 4.12. The third-order valence-electron chi connectivity index (χ3n) is 1.87. The minimum Gasteiger partial charge on any atom is -0.478 e. The molecule has 0 saturated carbocycles. The Morgan fingerprint density at radius 1 is 1.47 bits per heavy atom. The van der Waals surface area contributed by atoms with Gasteiger partial charge in [0.15, 0.2) is 0 Å². The molecule has 0 saturated heterocycles. The van der Waals surface area contributed by atoms with Crippen LogP contribution in [0.2, 0.25) is 0 Å². The highest BCUT2D eigenvalue weighted by Crippen LogP contribution is 2.13. The van der Waals surface area contributed by atoms with Crippen molar-refractivity contribution in [2.24, 2.45) is 0 Å². The fraction of sp³-hybridized carbons (Fsp3) is 0.167. The normalized spacial score (nSPS) is 9.00. The van der Waals surface area contributed by atoms with Gasteiger partial charge in [0.05, 0.1) is 12.2 Å². The van der Waals surface area contributed by atoms with Crippen molar-refractivity contribution in [2.45, 2.75) is 6.92 Å². The van der Waals surface area contributed by atoms with Gasteiger partial charge in [0.2, 0.25) is 0 Å². The molecule has 0 aliphatic rings. The molecule has 0 fully saturated rings. The lowest BCUT2D eigenvalue weighted by atomic mass is 10.1. The number of carbonyl (C=O) groups excluding carboxylic acids is 1. The summed E-state index contributed by atoms with van der Waals surface area (Å²) in [7, 11) is 0. The summed E-state index contributed by atoms with van der Waals surface area (Å²) in [6.45, 7) is 1.94. The molecular formula is C12H11NO4. The zero-order valence-electron chi connectivity index (χ0n) is 9.19. The molecule has 88 valence electrons. The lowest BCUT2D eigenvalue weighted by Gasteiger charge is -2.00. The standard InChI is InChI=1S/C12H11NO4/c1-2-17-11(14)6-4-8-3-5-9(12(15)16)10(13)7-8/h3,5,7H,2,13H2,1H3,(H,15,16). The van der Waals surface area contributed by atoms with Gasteiger partial charge in [0.1, 0.15) is 0 Å². The van der Waals surface area contributed by atoms with Crippen molar-refractivity contribution in [1.29, 1.82) is 0 Å². The van der Waals surface area contributed by atoms with Crippen LogP contribution in [0.15, 0.2) is 18.2 Å². The summed E-state index contributed by atoms with van der Waals surface area (Å²) in [5, 5.41) is 8.75. The number of carbonyl (C=O) groups is 2. The van der Waals surface area contributed by atoms with Crippen LogP contribution in [0.4, 0.5) is 5.69 Å². The van der Waals surface area contributed by atoms with Gasteiger partial charge in [0.25, 0.3) is 0 Å². The molecule has 5 heteroatoms. The zero-order chi connectivity index (χ0) is 12.8. The molecule has 3 N–H and O–H groups in total. The van der Waals surface area contributed by atoms with E-state index in [1.807, 2.05) is 0 Å². The Morgan fingerprint density at radius 3 is 2.71 bits per heavy atom. The highest BCUT2D eigenvalue weighted by molar-refractivity contribution is 5.94. The van der Waals surface area contributed by atoms with Crippen molar-refractivity contribution in [2.75, 3.05) is 12.3 Å². The van der Waals surface area contributed by atoms with Crippen LogP contribution in [0, 0.1) is 11.8 Å². The summed E-state index contributed by atoms with van der Waals surface area (Å²) in [6, 6.07) is 4.22. The van der Waals surface area contributed by atoms with Crippen LogP contribution in [-0.2, 0) is 9.53 Å². The van der Waals surface area contributed by atoms with Crippen LogP contribution >= 0.6 is 0 Å². The molecular weight excluding hydrogens is 222 g/mol. The zero-order valence-corrected chi connectivity index (χ0v) is 9.19. The van der Waals surface area contributed by atoms with Crippen molar-refractivity contribution in [1.82, 2.24) is 0 Å². The van der Waals surface area contributed by atoms with E-state index >= 15 is 0 Å². The van der Waals surface area contributed by atoms with Crippen molar-refractivity contribution in [3.8, 4) is 11.8 Å². The summed E-state index contributed by atoms with van der Waals surface area (Å²) < 4.78 is 4.62. The number of hydrogen-bond acceptors (Lipinski definition) is 4. The summed E-state index contributed by atoms with van der Waals surface area (Å²) >= 11 is 0. The lowest BCUT2D eigenvalue weighted by molar-refractivity contribution is -0.136. The minimum atomic E-state index is -1.10. The second-order valence-corrected chi connectivity index (χ2v) is 3.08. The number of nitrogen functional groups attached to an aromatic ring is 1. The first kappa shape index (κ1) is 12.6. The van der Waals surface area contributed by atoms with Crippen LogP contribution in [0.5, 0.6) is 0 Å². The fourth-order valence-corrected chi connectivity index (χ4v) is 1.13. The molecule has 0 unspecified atom stereocenters. The van der Waals surface area contributed by atoms with E-state index < -0.39 is 11.9 Å². The maximum atomic E-state index is 11.0. The van der Waals surface area contributed by atoms with Crippen molar-refractivity contribution >= 4 is 17.6 Å². The molecule has 0 aromatic heterocycles. The van der Waals surface area contributed by atoms with E-state index in [1.54, 1.807) is 6.92 Å². The first-order chi connectivity index (χ1) is 8.04. The Bertz CT molecular complexity index is 511. The van der Waals surface area contributed by atoms with Crippen LogP contribution in [-0.4, -0.2) is 23.7 Å². The van der Waals surface area contributed by atoms with Gasteiger partial charge in [-0.2, -0.15) is 0 Å². The molecule has 17 heavy (non-hydrogen) atoms. The van der Waals surface area contributed by atoms with Crippen LogP contribution in [0.3, 0.4) is 0 Å². The van der Waals surface area contributed by atoms with Crippen LogP contribution in [0.1, 0.15) is 22.8 Å². The number of esters is 1. The van der Waals surface area contributed by atoms with Crippen LogP contribution < -0.4 is 5.73 Å². The molecule has 0 amide bonds. The van der Waals surface area contributed by atoms with Gasteiger partial charge in [-0.15, -0.1) is 0 Å². The highest BCUT2D eigenvalue weighted by Gasteiger charge is 2.06. The van der Waals surface area contributed by atoms with E-state index in [2.05, 4.69) is 16.6 Å². The van der Waals surface area contributed by atoms with E-state index in [0.717, 1.165) is 0 Å². The van der Waals surface area contributed by atoms with Crippen molar-refractivity contribution < 1.29 is 19.4 Å². The lowest BCUT2D eigenvalue weighted by Crippen LogP contribution is -2.02. The highest BCUT2D eigenvalue weighted by atomic mass is 16.5. The smallest absolute Gasteiger partial charge is 0.384 e. The average Bonchev–Trinajstić information content (AvgIpc) is 2.26. The number of aromatic carboxylic acids is 1. The Hall–Kier alpha value is -2.48. The fourth-order valence-electron chi connectivity index (χ4n) is 1.13. The summed E-state index contributed by atoms with van der Waals surface area (Å²) in [5.41, 5.74) is 6.09. The number of ether oxygens (including phenoxy) is 1. The molecule has 0 radical (unpaired) electrons. The quantitative estimate of drug-likeness (QED) is 0.449. The summed E-state index contributed by atoms with van der Waals surface area (Å²) in [4.78, 5) is 21.6. The molecule has 1 aromatic rings. The predicted molar refractivity (Wildman–Crippen MR) is 61.3 cm³/mol. The Morgan fingerprint density at radius 2 is 2.18 bits per heavy atom. The third-order valence-corrected chi connectivity index (χ3v) is 1.87. The van der Waals surface area contributed by atoms with Crippen LogP contribution in [0.25, 0.3) is 0 Å². The molecule has 0 aliphatic heterocycles. The van der Waals surface area contributed by atoms with Gasteiger partial charge in [-0.05, 0) is 25.1 Å². The van der Waals surface area contributed by atoms with E-state index in [-0.39, 0.29) is 17.9 Å². The number of benzene rings is 1. The van der Waals surface area contributed by atoms with Gasteiger partial charge in [-0.3, -0.25) is 0 Å². The van der Waals surface area contributed by atoms with Crippen molar-refractivity contribution in [3.63, 3.8) is 0 Å². The molecule has 0 spiro atoms. The first-order valence-corrected chi connectivity index (χ1v) is 4.86. The Balaban J connectivity index is 2.91. The van der Waals surface area contributed by atoms with Gasteiger partial charge >= 0.3 is 11.9 Å². The molecule has 0 atom stereocenters. The molecule has 1 rings (SSSR count). The number of rotatable bonds is 2. The average molecular weight is 233 g/mol. The van der Waals surface area contributed by atoms with Crippen molar-refractivity contribution in [3.05, 3.63) is 29.3 Å². The maximum Gasteiger partial charge on any atom is 0.384 e. The van der Waals surface area contributed by atoms with Gasteiger partial charge in [0, 0.05) is 17.2 Å². The number of anilines is 1. The third kappa shape index (κ3) is 3.54. The molecule has 5 nitrogen and oxygen atoms in total. The molecule has 0 heterocycles. The SMILES string of the molecule is CCOC(=O)C#Cc1ccc(C(=O)O)c(N)c1. The number of hydrogen-bond donors (Lipinski definition) is 2. The van der Waals surface area contributed by atoms with Gasteiger partial charge in [-0.1, -0.05) is 5.92 Å². The predicted octanol–water partition coefficient (Wildman–Crippen LogP) is 0.882.